The van der Waals surface area contributed by atoms with Crippen molar-refractivity contribution in [2.75, 3.05) is 0 Å². The summed E-state index contributed by atoms with van der Waals surface area (Å²) in [5.41, 5.74) is 5.27. The minimum atomic E-state index is -1.28. The number of aliphatic carboxylic acids is 2. The van der Waals surface area contributed by atoms with E-state index >= 15 is 0 Å². The number of aromatic hydroxyl groups is 1. The molecule has 7 nitrogen and oxygen atoms in total. The number of halogens is 1. The minimum Gasteiger partial charge on any atom is -0.508 e. The van der Waals surface area contributed by atoms with Gasteiger partial charge >= 0.3 is 11.9 Å². The number of benzene rings is 2. The largest absolute Gasteiger partial charge is 0.508 e. The molecule has 0 aromatic heterocycles. The summed E-state index contributed by atoms with van der Waals surface area (Å²) < 4.78 is 13.3. The Balaban J connectivity index is 1.70. The first-order chi connectivity index (χ1) is 13.9. The SMILES string of the molecule is O=C(O)C1C2=C(NOCc3cccc(F)c3)CC(c3ccc(O)cc32)C1C(=O)O. The lowest BCUT2D eigenvalue weighted by molar-refractivity contribution is -0.153. The number of hydroxylamine groups is 1. The molecule has 2 aromatic carbocycles. The number of carbonyl (C=O) groups is 2. The Kier molecular flexibility index (Phi) is 4.71. The average molecular weight is 399 g/mol. The van der Waals surface area contributed by atoms with Gasteiger partial charge in [0, 0.05) is 11.6 Å². The van der Waals surface area contributed by atoms with Gasteiger partial charge < -0.3 is 15.3 Å². The fourth-order valence-electron chi connectivity index (χ4n) is 4.31. The van der Waals surface area contributed by atoms with E-state index in [4.69, 9.17) is 4.84 Å². The summed E-state index contributed by atoms with van der Waals surface area (Å²) in [5, 5.41) is 29.3. The summed E-state index contributed by atoms with van der Waals surface area (Å²) in [5.74, 6) is -5.85. The van der Waals surface area contributed by atoms with Gasteiger partial charge in [0.2, 0.25) is 0 Å². The first-order valence-corrected chi connectivity index (χ1v) is 9.01. The highest BCUT2D eigenvalue weighted by atomic mass is 19.1. The topological polar surface area (TPSA) is 116 Å². The molecule has 0 spiro atoms. The number of hydrogen-bond donors (Lipinski definition) is 4. The molecule has 0 saturated heterocycles. The van der Waals surface area contributed by atoms with Gasteiger partial charge in [-0.3, -0.25) is 19.9 Å². The van der Waals surface area contributed by atoms with Crippen LogP contribution >= 0.6 is 0 Å². The first kappa shape index (κ1) is 18.9. The summed E-state index contributed by atoms with van der Waals surface area (Å²) in [7, 11) is 0. The molecule has 3 unspecified atom stereocenters. The van der Waals surface area contributed by atoms with Gasteiger partial charge in [0.25, 0.3) is 0 Å². The molecule has 150 valence electrons. The van der Waals surface area contributed by atoms with Crippen molar-refractivity contribution in [3.05, 3.63) is 70.7 Å². The molecule has 0 saturated carbocycles. The van der Waals surface area contributed by atoms with Crippen molar-refractivity contribution in [2.45, 2.75) is 18.9 Å². The van der Waals surface area contributed by atoms with Crippen LogP contribution in [0.5, 0.6) is 5.75 Å². The highest BCUT2D eigenvalue weighted by Crippen LogP contribution is 2.55. The molecule has 0 fully saturated rings. The quantitative estimate of drug-likeness (QED) is 0.552. The second kappa shape index (κ2) is 7.21. The predicted molar refractivity (Wildman–Crippen MR) is 99.0 cm³/mol. The maximum Gasteiger partial charge on any atom is 0.311 e. The third kappa shape index (κ3) is 3.31. The van der Waals surface area contributed by atoms with Crippen LogP contribution in [0.25, 0.3) is 5.57 Å². The zero-order valence-corrected chi connectivity index (χ0v) is 15.1. The van der Waals surface area contributed by atoms with Crippen molar-refractivity contribution in [1.82, 2.24) is 5.48 Å². The van der Waals surface area contributed by atoms with Crippen LogP contribution in [0.4, 0.5) is 4.39 Å². The Morgan fingerprint density at radius 1 is 1.14 bits per heavy atom. The molecular formula is C21H18FNO6. The van der Waals surface area contributed by atoms with E-state index in [0.29, 0.717) is 22.4 Å². The number of nitrogens with one attached hydrogen (secondary N) is 1. The van der Waals surface area contributed by atoms with Gasteiger partial charge in [-0.15, -0.1) is 0 Å². The van der Waals surface area contributed by atoms with Gasteiger partial charge in [-0.25, -0.2) is 4.39 Å². The summed E-state index contributed by atoms with van der Waals surface area (Å²) in [4.78, 5) is 29.3. The maximum atomic E-state index is 13.3. The number of phenolic OH excluding ortho intramolecular Hbond substituents is 1. The zero-order valence-electron chi connectivity index (χ0n) is 15.1. The molecular weight excluding hydrogens is 381 g/mol. The Hall–Kier alpha value is -3.39. The van der Waals surface area contributed by atoms with E-state index in [0.717, 1.165) is 0 Å². The normalized spacial score (nSPS) is 22.3. The summed E-state index contributed by atoms with van der Waals surface area (Å²) in [6.07, 6.45) is 0.261. The molecule has 8 heteroatoms. The van der Waals surface area contributed by atoms with Crippen molar-refractivity contribution in [1.29, 1.82) is 0 Å². The number of phenols is 1. The second-order valence-corrected chi connectivity index (χ2v) is 7.17. The van der Waals surface area contributed by atoms with Crippen LogP contribution in [-0.4, -0.2) is 27.3 Å². The lowest BCUT2D eigenvalue weighted by Crippen LogP contribution is -2.44. The van der Waals surface area contributed by atoms with Gasteiger partial charge in [-0.1, -0.05) is 18.2 Å². The van der Waals surface area contributed by atoms with Crippen molar-refractivity contribution >= 4 is 17.5 Å². The van der Waals surface area contributed by atoms with E-state index in [2.05, 4.69) is 5.48 Å². The summed E-state index contributed by atoms with van der Waals surface area (Å²) in [6, 6.07) is 10.4. The van der Waals surface area contributed by atoms with Crippen LogP contribution in [0.15, 0.2) is 48.2 Å². The Morgan fingerprint density at radius 3 is 2.62 bits per heavy atom. The average Bonchev–Trinajstić information content (AvgIpc) is 2.67. The van der Waals surface area contributed by atoms with Crippen molar-refractivity contribution in [3.63, 3.8) is 0 Å². The Labute approximate surface area is 165 Å². The molecule has 3 aliphatic carbocycles. The van der Waals surface area contributed by atoms with Gasteiger partial charge in [-0.05, 0) is 52.9 Å². The van der Waals surface area contributed by atoms with E-state index in [-0.39, 0.29) is 24.4 Å². The smallest absolute Gasteiger partial charge is 0.311 e. The number of hydrogen-bond acceptors (Lipinski definition) is 5. The van der Waals surface area contributed by atoms with E-state index in [1.165, 1.54) is 24.3 Å². The zero-order chi connectivity index (χ0) is 20.7. The van der Waals surface area contributed by atoms with Gasteiger partial charge in [0.1, 0.15) is 11.6 Å². The lowest BCUT2D eigenvalue weighted by atomic mass is 9.60. The van der Waals surface area contributed by atoms with Crippen LogP contribution in [0.3, 0.4) is 0 Å². The summed E-state index contributed by atoms with van der Waals surface area (Å²) >= 11 is 0. The monoisotopic (exact) mass is 399 g/mol. The number of carboxylic acids is 2. The molecule has 0 amide bonds. The third-order valence-corrected chi connectivity index (χ3v) is 5.45. The first-order valence-electron chi connectivity index (χ1n) is 9.01. The Bertz CT molecular complexity index is 1030. The molecule has 0 radical (unpaired) electrons. The molecule has 2 aromatic rings. The maximum absolute atomic E-state index is 13.3. The number of fused-ring (bicyclic) bond motifs is 2. The molecule has 0 aliphatic heterocycles. The molecule has 3 aliphatic rings. The highest BCUT2D eigenvalue weighted by molar-refractivity contribution is 5.97. The molecule has 0 heterocycles. The predicted octanol–water partition coefficient (Wildman–Crippen LogP) is 2.87. The van der Waals surface area contributed by atoms with E-state index in [1.54, 1.807) is 18.2 Å². The van der Waals surface area contributed by atoms with E-state index < -0.39 is 35.5 Å². The molecule has 3 atom stereocenters. The van der Waals surface area contributed by atoms with Crippen LogP contribution in [0.1, 0.15) is 29.0 Å². The minimum absolute atomic E-state index is 0.0339. The summed E-state index contributed by atoms with van der Waals surface area (Å²) in [6.45, 7) is 0.0339. The van der Waals surface area contributed by atoms with Crippen LogP contribution in [-0.2, 0) is 21.0 Å². The Morgan fingerprint density at radius 2 is 1.93 bits per heavy atom. The second-order valence-electron chi connectivity index (χ2n) is 7.17. The standard InChI is InChI=1S/C21H18FNO6/c22-11-3-1-2-10(6-11)9-29-23-16-8-15-13-5-4-12(24)7-14(13)17(16)19(21(27)28)18(15)20(25)26/h1-7,15,18-19,23-24H,8-9H2,(H,25,26)(H,27,28). The van der Waals surface area contributed by atoms with Crippen LogP contribution < -0.4 is 5.48 Å². The molecule has 5 rings (SSSR count). The van der Waals surface area contributed by atoms with Crippen molar-refractivity contribution in [3.8, 4) is 5.75 Å². The lowest BCUT2D eigenvalue weighted by Gasteiger charge is -2.43. The molecule has 29 heavy (non-hydrogen) atoms. The third-order valence-electron chi connectivity index (χ3n) is 5.45. The van der Waals surface area contributed by atoms with Gasteiger partial charge in [-0.2, -0.15) is 0 Å². The van der Waals surface area contributed by atoms with Crippen molar-refractivity contribution in [2.24, 2.45) is 11.8 Å². The fourth-order valence-corrected chi connectivity index (χ4v) is 4.31. The van der Waals surface area contributed by atoms with Crippen LogP contribution in [0.2, 0.25) is 0 Å². The van der Waals surface area contributed by atoms with E-state index in [9.17, 15) is 29.3 Å². The van der Waals surface area contributed by atoms with E-state index in [1.807, 2.05) is 0 Å². The van der Waals surface area contributed by atoms with Crippen molar-refractivity contribution < 1.29 is 34.1 Å². The number of allylic oxidation sites excluding steroid dienone is 1. The number of carboxylic acid groups (broad SMARTS) is 2. The highest BCUT2D eigenvalue weighted by Gasteiger charge is 2.52. The fraction of sp³-hybridized carbons (Fsp3) is 0.238. The molecule has 4 N–H and O–H groups in total. The number of rotatable bonds is 6. The van der Waals surface area contributed by atoms with Gasteiger partial charge in [0.05, 0.1) is 18.4 Å². The van der Waals surface area contributed by atoms with Crippen LogP contribution in [0, 0.1) is 17.7 Å². The van der Waals surface area contributed by atoms with Gasteiger partial charge in [0.15, 0.2) is 0 Å². The molecule has 2 bridgehead atoms.